The lowest BCUT2D eigenvalue weighted by atomic mass is 10.1. The molecule has 1 aromatic carbocycles. The van der Waals surface area contributed by atoms with Crippen molar-refractivity contribution in [1.29, 1.82) is 0 Å². The van der Waals surface area contributed by atoms with Gasteiger partial charge < -0.3 is 5.32 Å². The number of fused-ring (bicyclic) bond motifs is 1. The number of hydrogen-bond acceptors (Lipinski definition) is 3. The molecule has 0 aliphatic carbocycles. The Kier molecular flexibility index (Phi) is 6.04. The van der Waals surface area contributed by atoms with E-state index in [1.54, 1.807) is 0 Å². The summed E-state index contributed by atoms with van der Waals surface area (Å²) in [6, 6.07) is 12.4. The van der Waals surface area contributed by atoms with E-state index in [0.717, 1.165) is 34.8 Å². The van der Waals surface area contributed by atoms with Crippen molar-refractivity contribution in [2.45, 2.75) is 52.4 Å². The molecule has 132 valence electrons. The van der Waals surface area contributed by atoms with Crippen molar-refractivity contribution >= 4 is 11.5 Å². The second-order valence-electron chi connectivity index (χ2n) is 6.64. The Morgan fingerprint density at radius 3 is 2.56 bits per heavy atom. The summed E-state index contributed by atoms with van der Waals surface area (Å²) in [7, 11) is 0. The van der Waals surface area contributed by atoms with Crippen LogP contribution in [0.15, 0.2) is 42.6 Å². The van der Waals surface area contributed by atoms with Gasteiger partial charge in [-0.3, -0.25) is 0 Å². The Morgan fingerprint density at radius 2 is 1.76 bits per heavy atom. The molecule has 0 spiro atoms. The third-order valence-corrected chi connectivity index (χ3v) is 4.52. The van der Waals surface area contributed by atoms with E-state index >= 15 is 0 Å². The lowest BCUT2D eigenvalue weighted by Gasteiger charge is -2.10. The van der Waals surface area contributed by atoms with Gasteiger partial charge in [-0.15, -0.1) is 0 Å². The number of hydrogen-bond donors (Lipinski definition) is 1. The van der Waals surface area contributed by atoms with Gasteiger partial charge >= 0.3 is 0 Å². The monoisotopic (exact) mass is 336 g/mol. The molecule has 25 heavy (non-hydrogen) atoms. The first-order valence-electron chi connectivity index (χ1n) is 9.44. The van der Waals surface area contributed by atoms with Crippen molar-refractivity contribution in [2.75, 3.05) is 11.9 Å². The van der Waals surface area contributed by atoms with E-state index in [1.165, 1.54) is 38.5 Å². The number of nitrogens with one attached hydrogen (secondary N) is 1. The molecule has 0 radical (unpaired) electrons. The average Bonchev–Trinajstić information content (AvgIpc) is 3.05. The lowest BCUT2D eigenvalue weighted by molar-refractivity contribution is 0.616. The zero-order chi connectivity index (χ0) is 17.5. The molecule has 3 aromatic rings. The van der Waals surface area contributed by atoms with Crippen molar-refractivity contribution in [1.82, 2.24) is 14.6 Å². The van der Waals surface area contributed by atoms with Gasteiger partial charge in [0.25, 0.3) is 0 Å². The van der Waals surface area contributed by atoms with Crippen LogP contribution >= 0.6 is 0 Å². The van der Waals surface area contributed by atoms with Crippen molar-refractivity contribution in [3.05, 3.63) is 48.3 Å². The van der Waals surface area contributed by atoms with Crippen LogP contribution in [0.1, 0.15) is 51.1 Å². The third kappa shape index (κ3) is 4.38. The molecule has 0 aliphatic heterocycles. The Hall–Kier alpha value is -2.36. The summed E-state index contributed by atoms with van der Waals surface area (Å²) in [5.74, 6) is 1.03. The lowest BCUT2D eigenvalue weighted by Crippen LogP contribution is -2.08. The van der Waals surface area contributed by atoms with E-state index in [-0.39, 0.29) is 0 Å². The van der Waals surface area contributed by atoms with Gasteiger partial charge in [0.2, 0.25) is 0 Å². The van der Waals surface area contributed by atoms with Gasteiger partial charge in [0.05, 0.1) is 6.20 Å². The van der Waals surface area contributed by atoms with E-state index in [1.807, 2.05) is 35.8 Å². The summed E-state index contributed by atoms with van der Waals surface area (Å²) >= 11 is 0. The average molecular weight is 336 g/mol. The number of rotatable bonds is 9. The minimum Gasteiger partial charge on any atom is -0.370 e. The van der Waals surface area contributed by atoms with Crippen molar-refractivity contribution in [3.8, 4) is 11.1 Å². The summed E-state index contributed by atoms with van der Waals surface area (Å²) in [5, 5.41) is 8.11. The highest BCUT2D eigenvalue weighted by atomic mass is 15.3. The van der Waals surface area contributed by atoms with Crippen molar-refractivity contribution in [2.24, 2.45) is 0 Å². The predicted octanol–water partition coefficient (Wildman–Crippen LogP) is 5.48. The number of aryl methyl sites for hydroxylation is 1. The maximum atomic E-state index is 4.71. The quantitative estimate of drug-likeness (QED) is 0.526. The molecular weight excluding hydrogens is 308 g/mol. The standard InChI is InChI=1S/C21H28N4/c1-3-4-5-6-7-11-14-22-20-15-17(2)24-21-19(16-23-25(20)21)18-12-9-8-10-13-18/h8-10,12-13,15-16,22H,3-7,11,14H2,1-2H3. The van der Waals surface area contributed by atoms with E-state index in [2.05, 4.69) is 35.5 Å². The molecule has 2 aromatic heterocycles. The van der Waals surface area contributed by atoms with Crippen LogP contribution in [0.25, 0.3) is 16.8 Å². The molecule has 4 heteroatoms. The van der Waals surface area contributed by atoms with Gasteiger partial charge in [-0.25, -0.2) is 4.98 Å². The van der Waals surface area contributed by atoms with Crippen LogP contribution in [0, 0.1) is 6.92 Å². The van der Waals surface area contributed by atoms with Crippen LogP contribution in [-0.4, -0.2) is 21.1 Å². The molecule has 0 bridgehead atoms. The summed E-state index contributed by atoms with van der Waals surface area (Å²) in [5.41, 5.74) is 4.15. The second-order valence-corrected chi connectivity index (χ2v) is 6.64. The van der Waals surface area contributed by atoms with Gasteiger partial charge in [-0.1, -0.05) is 69.4 Å². The van der Waals surface area contributed by atoms with Gasteiger partial charge in [0, 0.05) is 23.9 Å². The Balaban J connectivity index is 1.70. The maximum Gasteiger partial charge on any atom is 0.165 e. The predicted molar refractivity (Wildman–Crippen MR) is 105 cm³/mol. The topological polar surface area (TPSA) is 42.2 Å². The zero-order valence-electron chi connectivity index (χ0n) is 15.3. The SMILES string of the molecule is CCCCCCCCNc1cc(C)nc2c(-c3ccccc3)cnn12. The molecule has 0 unspecified atom stereocenters. The van der Waals surface area contributed by atoms with Gasteiger partial charge in [-0.05, 0) is 18.9 Å². The molecule has 0 atom stereocenters. The van der Waals surface area contributed by atoms with Crippen LogP contribution < -0.4 is 5.32 Å². The van der Waals surface area contributed by atoms with Crippen LogP contribution in [0.5, 0.6) is 0 Å². The molecule has 0 fully saturated rings. The molecule has 0 saturated heterocycles. The van der Waals surface area contributed by atoms with Crippen LogP contribution in [-0.2, 0) is 0 Å². The van der Waals surface area contributed by atoms with E-state index < -0.39 is 0 Å². The van der Waals surface area contributed by atoms with Crippen LogP contribution in [0.2, 0.25) is 0 Å². The number of anilines is 1. The van der Waals surface area contributed by atoms with Crippen molar-refractivity contribution in [3.63, 3.8) is 0 Å². The van der Waals surface area contributed by atoms with Gasteiger partial charge in [0.15, 0.2) is 5.65 Å². The number of benzene rings is 1. The van der Waals surface area contributed by atoms with Crippen molar-refractivity contribution < 1.29 is 0 Å². The fourth-order valence-corrected chi connectivity index (χ4v) is 3.15. The van der Waals surface area contributed by atoms with E-state index in [0.29, 0.717) is 0 Å². The molecule has 1 N–H and O–H groups in total. The van der Waals surface area contributed by atoms with E-state index in [9.17, 15) is 0 Å². The summed E-state index contributed by atoms with van der Waals surface area (Å²) in [4.78, 5) is 4.71. The minimum absolute atomic E-state index is 0.914. The molecule has 0 saturated carbocycles. The molecule has 3 rings (SSSR count). The first-order chi connectivity index (χ1) is 12.3. The zero-order valence-corrected chi connectivity index (χ0v) is 15.3. The van der Waals surface area contributed by atoms with E-state index in [4.69, 9.17) is 4.98 Å². The minimum atomic E-state index is 0.914. The molecular formula is C21H28N4. The maximum absolute atomic E-state index is 4.71. The molecule has 4 nitrogen and oxygen atoms in total. The molecule has 2 heterocycles. The first-order valence-corrected chi connectivity index (χ1v) is 9.44. The number of aromatic nitrogens is 3. The Labute approximate surface area is 150 Å². The third-order valence-electron chi connectivity index (χ3n) is 4.52. The van der Waals surface area contributed by atoms with Gasteiger partial charge in [0.1, 0.15) is 5.82 Å². The summed E-state index contributed by atoms with van der Waals surface area (Å²) in [6.07, 6.45) is 9.73. The smallest absolute Gasteiger partial charge is 0.165 e. The fraction of sp³-hybridized carbons (Fsp3) is 0.429. The summed E-state index contributed by atoms with van der Waals surface area (Å²) in [6.45, 7) is 5.27. The molecule has 0 amide bonds. The second kappa shape index (κ2) is 8.65. The first kappa shape index (κ1) is 17.5. The highest BCUT2D eigenvalue weighted by Crippen LogP contribution is 2.25. The highest BCUT2D eigenvalue weighted by molar-refractivity contribution is 5.78. The summed E-state index contributed by atoms with van der Waals surface area (Å²) < 4.78 is 1.92. The van der Waals surface area contributed by atoms with Crippen LogP contribution in [0.4, 0.5) is 5.82 Å². The normalized spacial score (nSPS) is 11.1. The number of nitrogens with zero attached hydrogens (tertiary/aromatic N) is 3. The fourth-order valence-electron chi connectivity index (χ4n) is 3.15. The Morgan fingerprint density at radius 1 is 1.00 bits per heavy atom. The van der Waals surface area contributed by atoms with Gasteiger partial charge in [-0.2, -0.15) is 9.61 Å². The number of unbranched alkanes of at least 4 members (excludes halogenated alkanes) is 5. The molecule has 0 aliphatic rings. The van der Waals surface area contributed by atoms with Crippen LogP contribution in [0.3, 0.4) is 0 Å². The largest absolute Gasteiger partial charge is 0.370 e. The highest BCUT2D eigenvalue weighted by Gasteiger charge is 2.11. The Bertz CT molecular complexity index is 792.